The summed E-state index contributed by atoms with van der Waals surface area (Å²) in [5, 5.41) is 7.09. The molecular formula is C19H24ClFN4O2. The molecule has 146 valence electrons. The highest BCUT2D eigenvalue weighted by atomic mass is 35.5. The number of aromatic nitrogens is 2. The van der Waals surface area contributed by atoms with Gasteiger partial charge in [0.05, 0.1) is 5.69 Å². The van der Waals surface area contributed by atoms with E-state index < -0.39 is 11.4 Å². The molecule has 1 aromatic heterocycles. The summed E-state index contributed by atoms with van der Waals surface area (Å²) in [4.78, 5) is 24.7. The Bertz CT molecular complexity index is 819. The summed E-state index contributed by atoms with van der Waals surface area (Å²) in [5.74, 6) is -0.392. The Kier molecular flexibility index (Phi) is 7.50. The fourth-order valence-corrected chi connectivity index (χ4v) is 3.45. The molecule has 1 aliphatic rings. The summed E-state index contributed by atoms with van der Waals surface area (Å²) in [6, 6.07) is 7.94. The Morgan fingerprint density at radius 1 is 1.19 bits per heavy atom. The fraction of sp³-hybridized carbons (Fsp3) is 0.421. The van der Waals surface area contributed by atoms with Crippen molar-refractivity contribution in [3.8, 4) is 5.69 Å². The number of hydrogen-bond acceptors (Lipinski definition) is 4. The molecule has 6 nitrogen and oxygen atoms in total. The van der Waals surface area contributed by atoms with Crippen molar-refractivity contribution < 1.29 is 9.18 Å². The van der Waals surface area contributed by atoms with Crippen molar-refractivity contribution in [1.29, 1.82) is 0 Å². The number of rotatable bonds is 5. The van der Waals surface area contributed by atoms with Gasteiger partial charge in [0.15, 0.2) is 0 Å². The molecule has 27 heavy (non-hydrogen) atoms. The number of nitrogens with two attached hydrogens (primary N) is 1. The minimum Gasteiger partial charge on any atom is -0.346 e. The molecule has 1 aromatic carbocycles. The monoisotopic (exact) mass is 394 g/mol. The van der Waals surface area contributed by atoms with E-state index in [1.807, 2.05) is 0 Å². The number of benzene rings is 1. The van der Waals surface area contributed by atoms with Crippen LogP contribution in [0.25, 0.3) is 5.69 Å². The van der Waals surface area contributed by atoms with Gasteiger partial charge in [0.25, 0.3) is 11.5 Å². The lowest BCUT2D eigenvalue weighted by Gasteiger charge is -2.29. The molecule has 0 spiro atoms. The van der Waals surface area contributed by atoms with E-state index in [9.17, 15) is 14.0 Å². The maximum atomic E-state index is 13.1. The van der Waals surface area contributed by atoms with E-state index in [1.165, 1.54) is 42.8 Å². The lowest BCUT2D eigenvalue weighted by atomic mass is 9.84. The first-order valence-corrected chi connectivity index (χ1v) is 8.96. The minimum absolute atomic E-state index is 0. The molecule has 8 heteroatoms. The molecule has 0 saturated heterocycles. The van der Waals surface area contributed by atoms with Crippen LogP contribution in [-0.2, 0) is 0 Å². The van der Waals surface area contributed by atoms with Gasteiger partial charge in [-0.3, -0.25) is 9.59 Å². The van der Waals surface area contributed by atoms with Crippen LogP contribution in [0.1, 0.15) is 42.6 Å². The van der Waals surface area contributed by atoms with Crippen LogP contribution in [0.5, 0.6) is 0 Å². The molecule has 1 amide bonds. The van der Waals surface area contributed by atoms with Gasteiger partial charge in [-0.05, 0) is 49.1 Å². The molecule has 1 heterocycles. The number of hydrogen-bond donors (Lipinski definition) is 2. The van der Waals surface area contributed by atoms with E-state index in [-0.39, 0.29) is 30.0 Å². The molecule has 0 radical (unpaired) electrons. The molecule has 1 fully saturated rings. The first-order chi connectivity index (χ1) is 12.6. The summed E-state index contributed by atoms with van der Waals surface area (Å²) < 4.78 is 14.2. The first kappa shape index (κ1) is 21.1. The summed E-state index contributed by atoms with van der Waals surface area (Å²) in [6.07, 6.45) is 5.66. The zero-order chi connectivity index (χ0) is 18.5. The van der Waals surface area contributed by atoms with E-state index in [2.05, 4.69) is 10.4 Å². The van der Waals surface area contributed by atoms with E-state index >= 15 is 0 Å². The first-order valence-electron chi connectivity index (χ1n) is 8.96. The second-order valence-corrected chi connectivity index (χ2v) is 6.66. The Hall–Kier alpha value is -2.25. The lowest BCUT2D eigenvalue weighted by molar-refractivity contribution is 0.0908. The molecular weight excluding hydrogens is 371 g/mol. The standard InChI is InChI=1S/C19H23FN4O2.ClH/c20-14-6-8-15(9-7-14)24-18(25)11-10-16(23-24)19(26)22-17(12-21)13-4-2-1-3-5-13;/h6-11,13,17H,1-5,12,21H2,(H,22,26);1H. The van der Waals surface area contributed by atoms with Gasteiger partial charge in [-0.25, -0.2) is 4.39 Å². The number of halogens is 2. The average Bonchev–Trinajstić information content (AvgIpc) is 2.67. The highest BCUT2D eigenvalue weighted by molar-refractivity contribution is 5.92. The SMILES string of the molecule is Cl.NCC(NC(=O)c1ccc(=O)n(-c2ccc(F)cc2)n1)C1CCCCC1. The normalized spacial score (nSPS) is 15.6. The van der Waals surface area contributed by atoms with Crippen LogP contribution >= 0.6 is 12.4 Å². The van der Waals surface area contributed by atoms with Crippen molar-refractivity contribution >= 4 is 18.3 Å². The van der Waals surface area contributed by atoms with Crippen molar-refractivity contribution in [2.45, 2.75) is 38.1 Å². The summed E-state index contributed by atoms with van der Waals surface area (Å²) >= 11 is 0. The molecule has 3 rings (SSSR count). The van der Waals surface area contributed by atoms with Crippen LogP contribution in [0.2, 0.25) is 0 Å². The molecule has 1 aliphatic carbocycles. The molecule has 0 bridgehead atoms. The van der Waals surface area contributed by atoms with Gasteiger partial charge in [0.1, 0.15) is 11.5 Å². The van der Waals surface area contributed by atoms with Crippen molar-refractivity contribution in [2.24, 2.45) is 11.7 Å². The van der Waals surface area contributed by atoms with Crippen LogP contribution in [0, 0.1) is 11.7 Å². The lowest BCUT2D eigenvalue weighted by Crippen LogP contribution is -2.46. The Morgan fingerprint density at radius 2 is 1.85 bits per heavy atom. The number of nitrogens with one attached hydrogen (secondary N) is 1. The molecule has 2 aromatic rings. The number of carbonyl (C=O) groups excluding carboxylic acids is 1. The maximum Gasteiger partial charge on any atom is 0.272 e. The van der Waals surface area contributed by atoms with E-state index in [0.717, 1.165) is 30.4 Å². The highest BCUT2D eigenvalue weighted by Crippen LogP contribution is 2.26. The Balaban J connectivity index is 0.00000261. The number of nitrogens with zero attached hydrogens (tertiary/aromatic N) is 2. The number of carbonyl (C=O) groups is 1. The quantitative estimate of drug-likeness (QED) is 0.814. The minimum atomic E-state index is -0.408. The van der Waals surface area contributed by atoms with Gasteiger partial charge in [0, 0.05) is 18.7 Å². The average molecular weight is 395 g/mol. The van der Waals surface area contributed by atoms with Gasteiger partial charge in [0.2, 0.25) is 0 Å². The molecule has 1 atom stereocenters. The molecule has 1 unspecified atom stereocenters. The van der Waals surface area contributed by atoms with Crippen molar-refractivity contribution in [2.75, 3.05) is 6.54 Å². The van der Waals surface area contributed by atoms with E-state index in [0.29, 0.717) is 18.2 Å². The number of amides is 1. The van der Waals surface area contributed by atoms with E-state index in [1.54, 1.807) is 0 Å². The Labute approximate surface area is 163 Å². The highest BCUT2D eigenvalue weighted by Gasteiger charge is 2.25. The van der Waals surface area contributed by atoms with Crippen LogP contribution < -0.4 is 16.6 Å². The van der Waals surface area contributed by atoms with Crippen LogP contribution in [-0.4, -0.2) is 28.3 Å². The predicted octanol–water partition coefficient (Wildman–Crippen LogP) is 2.43. The second kappa shape index (κ2) is 9.62. The van der Waals surface area contributed by atoms with Crippen LogP contribution in [0.15, 0.2) is 41.2 Å². The van der Waals surface area contributed by atoms with Gasteiger partial charge in [-0.15, -0.1) is 12.4 Å². The molecule has 1 saturated carbocycles. The zero-order valence-electron chi connectivity index (χ0n) is 14.9. The molecule has 3 N–H and O–H groups in total. The smallest absolute Gasteiger partial charge is 0.272 e. The third-order valence-electron chi connectivity index (χ3n) is 4.89. The maximum absolute atomic E-state index is 13.1. The van der Waals surface area contributed by atoms with Gasteiger partial charge < -0.3 is 11.1 Å². The van der Waals surface area contributed by atoms with Gasteiger partial charge >= 0.3 is 0 Å². The van der Waals surface area contributed by atoms with Gasteiger partial charge in [-0.1, -0.05) is 19.3 Å². The summed E-state index contributed by atoms with van der Waals surface area (Å²) in [7, 11) is 0. The third-order valence-corrected chi connectivity index (χ3v) is 4.89. The van der Waals surface area contributed by atoms with Gasteiger partial charge in [-0.2, -0.15) is 9.78 Å². The summed E-state index contributed by atoms with van der Waals surface area (Å²) in [5.41, 5.74) is 6.00. The topological polar surface area (TPSA) is 90.0 Å². The largest absolute Gasteiger partial charge is 0.346 e. The van der Waals surface area contributed by atoms with Crippen molar-refractivity contribution in [3.05, 3.63) is 58.3 Å². The van der Waals surface area contributed by atoms with Crippen molar-refractivity contribution in [3.63, 3.8) is 0 Å². The molecule has 0 aliphatic heterocycles. The predicted molar refractivity (Wildman–Crippen MR) is 104 cm³/mol. The zero-order valence-corrected chi connectivity index (χ0v) is 15.8. The van der Waals surface area contributed by atoms with E-state index in [4.69, 9.17) is 5.73 Å². The van der Waals surface area contributed by atoms with Crippen LogP contribution in [0.3, 0.4) is 0 Å². The summed E-state index contributed by atoms with van der Waals surface area (Å²) in [6.45, 7) is 0.369. The second-order valence-electron chi connectivity index (χ2n) is 6.66. The van der Waals surface area contributed by atoms with Crippen LogP contribution in [0.4, 0.5) is 4.39 Å². The fourth-order valence-electron chi connectivity index (χ4n) is 3.45. The van der Waals surface area contributed by atoms with Crippen molar-refractivity contribution in [1.82, 2.24) is 15.1 Å². The third kappa shape index (κ3) is 5.14. The Morgan fingerprint density at radius 3 is 2.48 bits per heavy atom.